The Morgan fingerprint density at radius 3 is 2.33 bits per heavy atom. The van der Waals surface area contributed by atoms with Crippen molar-refractivity contribution in [3.63, 3.8) is 0 Å². The molecule has 12 heavy (non-hydrogen) atoms. The maximum Gasteiger partial charge on any atom is 0.0263 e. The van der Waals surface area contributed by atoms with Crippen LogP contribution in [0.1, 0.15) is 34.1 Å². The van der Waals surface area contributed by atoms with Gasteiger partial charge in [0.1, 0.15) is 0 Å². The van der Waals surface area contributed by atoms with Crippen molar-refractivity contribution in [1.82, 2.24) is 0 Å². The minimum absolute atomic E-state index is 0.341. The Bertz CT molecular complexity index is 192. The van der Waals surface area contributed by atoms with Gasteiger partial charge >= 0.3 is 0 Å². The monoisotopic (exact) mass is 165 g/mol. The molecule has 0 aromatic rings. The molecule has 0 spiro atoms. The quantitative estimate of drug-likeness (QED) is 0.447. The molecule has 1 nitrogen and oxygen atoms in total. The lowest BCUT2D eigenvalue weighted by Crippen LogP contribution is -2.05. The molecule has 0 fully saturated rings. The minimum Gasteiger partial charge on any atom is -0.273 e. The summed E-state index contributed by atoms with van der Waals surface area (Å²) in [5.41, 5.74) is 1.66. The average molecular weight is 165 g/mol. The van der Waals surface area contributed by atoms with Crippen LogP contribution in [0.15, 0.2) is 28.9 Å². The van der Waals surface area contributed by atoms with Crippen molar-refractivity contribution in [1.29, 1.82) is 0 Å². The molecule has 0 aromatic heterocycles. The number of allylic oxidation sites excluding steroid dienone is 3. The normalized spacial score (nSPS) is 13.8. The lowest BCUT2D eigenvalue weighted by atomic mass is 9.88. The molecule has 0 bridgehead atoms. The van der Waals surface area contributed by atoms with Gasteiger partial charge in [-0.25, -0.2) is 0 Å². The summed E-state index contributed by atoms with van der Waals surface area (Å²) in [5, 5.41) is 0. The van der Waals surface area contributed by atoms with Crippen LogP contribution in [0.4, 0.5) is 0 Å². The summed E-state index contributed by atoms with van der Waals surface area (Å²) < 4.78 is 0. The van der Waals surface area contributed by atoms with E-state index >= 15 is 0 Å². The summed E-state index contributed by atoms with van der Waals surface area (Å²) in [6.07, 6.45) is 6.95. The van der Waals surface area contributed by atoms with Gasteiger partial charge in [-0.1, -0.05) is 32.4 Å². The first kappa shape index (κ1) is 11.2. The van der Waals surface area contributed by atoms with Crippen LogP contribution in [-0.2, 0) is 0 Å². The summed E-state index contributed by atoms with van der Waals surface area (Å²) in [7, 11) is 0. The van der Waals surface area contributed by atoms with Crippen molar-refractivity contribution < 1.29 is 0 Å². The van der Waals surface area contributed by atoms with Gasteiger partial charge in [0.05, 0.1) is 0 Å². The SMILES string of the molecule is C=N/C=C\C(=C/C)CC(C)(C)C. The van der Waals surface area contributed by atoms with Crippen LogP contribution in [-0.4, -0.2) is 6.72 Å². The number of hydrogen-bond donors (Lipinski definition) is 0. The Hall–Kier alpha value is -0.850. The summed E-state index contributed by atoms with van der Waals surface area (Å²) in [6, 6.07) is 0. The van der Waals surface area contributed by atoms with Gasteiger partial charge in [0.25, 0.3) is 0 Å². The van der Waals surface area contributed by atoms with Gasteiger partial charge in [0.15, 0.2) is 0 Å². The number of nitrogens with zero attached hydrogens (tertiary/aromatic N) is 1. The van der Waals surface area contributed by atoms with Crippen molar-refractivity contribution in [3.8, 4) is 0 Å². The molecule has 68 valence electrons. The standard InChI is InChI=1S/C11H19N/c1-6-10(7-8-12-5)9-11(2,3)4/h6-8H,5,9H2,1-4H3/b8-7-,10-6+. The Labute approximate surface area is 75.9 Å². The third-order valence-corrected chi connectivity index (χ3v) is 1.50. The summed E-state index contributed by atoms with van der Waals surface area (Å²) in [6.45, 7) is 12.1. The fraction of sp³-hybridized carbons (Fsp3) is 0.545. The molecular formula is C11H19N. The van der Waals surface area contributed by atoms with Crippen LogP contribution < -0.4 is 0 Å². The van der Waals surface area contributed by atoms with Crippen LogP contribution in [0.25, 0.3) is 0 Å². The maximum absolute atomic E-state index is 3.68. The molecule has 0 aliphatic heterocycles. The number of aliphatic imine (C=N–C) groups is 1. The molecule has 0 unspecified atom stereocenters. The van der Waals surface area contributed by atoms with Crippen molar-refractivity contribution in [2.75, 3.05) is 0 Å². The number of rotatable bonds is 3. The maximum atomic E-state index is 3.68. The molecule has 0 aliphatic carbocycles. The van der Waals surface area contributed by atoms with Gasteiger partial charge in [-0.05, 0) is 31.6 Å². The van der Waals surface area contributed by atoms with Gasteiger partial charge < -0.3 is 0 Å². The van der Waals surface area contributed by atoms with E-state index in [1.807, 2.05) is 6.08 Å². The zero-order valence-corrected chi connectivity index (χ0v) is 8.59. The molecule has 0 amide bonds. The molecule has 0 aliphatic rings. The van der Waals surface area contributed by atoms with E-state index < -0.39 is 0 Å². The lowest BCUT2D eigenvalue weighted by molar-refractivity contribution is 0.413. The molecular weight excluding hydrogens is 146 g/mol. The minimum atomic E-state index is 0.341. The Morgan fingerprint density at radius 1 is 1.42 bits per heavy atom. The van der Waals surface area contributed by atoms with E-state index in [9.17, 15) is 0 Å². The van der Waals surface area contributed by atoms with Gasteiger partial charge in [0.2, 0.25) is 0 Å². The predicted octanol–water partition coefficient (Wildman–Crippen LogP) is 3.58. The predicted molar refractivity (Wildman–Crippen MR) is 56.5 cm³/mol. The fourth-order valence-electron chi connectivity index (χ4n) is 1.02. The third kappa shape index (κ3) is 5.90. The second-order valence-electron chi connectivity index (χ2n) is 4.10. The first-order valence-electron chi connectivity index (χ1n) is 4.27. The molecule has 0 N–H and O–H groups in total. The van der Waals surface area contributed by atoms with Crippen molar-refractivity contribution >= 4 is 6.72 Å². The van der Waals surface area contributed by atoms with Crippen molar-refractivity contribution in [2.45, 2.75) is 34.1 Å². The molecule has 0 heterocycles. The Kier molecular flexibility index (Phi) is 4.57. The van der Waals surface area contributed by atoms with Gasteiger partial charge in [0, 0.05) is 6.20 Å². The molecule has 0 saturated carbocycles. The highest BCUT2D eigenvalue weighted by Crippen LogP contribution is 2.24. The van der Waals surface area contributed by atoms with Crippen LogP contribution in [0.2, 0.25) is 0 Å². The van der Waals surface area contributed by atoms with E-state index in [1.54, 1.807) is 6.20 Å². The van der Waals surface area contributed by atoms with E-state index in [2.05, 4.69) is 45.5 Å². The highest BCUT2D eigenvalue weighted by atomic mass is 14.6. The number of hydrogen-bond acceptors (Lipinski definition) is 1. The zero-order valence-electron chi connectivity index (χ0n) is 8.59. The molecule has 0 atom stereocenters. The summed E-state index contributed by atoms with van der Waals surface area (Å²) in [5.74, 6) is 0. The lowest BCUT2D eigenvalue weighted by Gasteiger charge is -2.18. The average Bonchev–Trinajstić information content (AvgIpc) is 1.95. The summed E-state index contributed by atoms with van der Waals surface area (Å²) in [4.78, 5) is 3.68. The Balaban J connectivity index is 4.21. The van der Waals surface area contributed by atoms with E-state index in [-0.39, 0.29) is 0 Å². The van der Waals surface area contributed by atoms with Crippen LogP contribution in [0.3, 0.4) is 0 Å². The van der Waals surface area contributed by atoms with Crippen LogP contribution >= 0.6 is 0 Å². The molecule has 1 heteroatoms. The Morgan fingerprint density at radius 2 is 2.00 bits per heavy atom. The van der Waals surface area contributed by atoms with E-state index in [0.29, 0.717) is 5.41 Å². The van der Waals surface area contributed by atoms with Crippen LogP contribution in [0.5, 0.6) is 0 Å². The van der Waals surface area contributed by atoms with Gasteiger partial charge in [-0.15, -0.1) is 0 Å². The van der Waals surface area contributed by atoms with Crippen molar-refractivity contribution in [3.05, 3.63) is 23.9 Å². The van der Waals surface area contributed by atoms with Crippen LogP contribution in [0, 0.1) is 5.41 Å². The smallest absolute Gasteiger partial charge is 0.0263 e. The zero-order chi connectivity index (χ0) is 9.61. The molecule has 0 radical (unpaired) electrons. The van der Waals surface area contributed by atoms with E-state index in [0.717, 1.165) is 6.42 Å². The fourth-order valence-corrected chi connectivity index (χ4v) is 1.02. The van der Waals surface area contributed by atoms with Gasteiger partial charge in [-0.2, -0.15) is 0 Å². The summed E-state index contributed by atoms with van der Waals surface area (Å²) >= 11 is 0. The first-order valence-corrected chi connectivity index (χ1v) is 4.27. The van der Waals surface area contributed by atoms with Crippen molar-refractivity contribution in [2.24, 2.45) is 10.4 Å². The third-order valence-electron chi connectivity index (χ3n) is 1.50. The van der Waals surface area contributed by atoms with Gasteiger partial charge in [-0.3, -0.25) is 4.99 Å². The highest BCUT2D eigenvalue weighted by Gasteiger charge is 2.10. The molecule has 0 aromatic carbocycles. The highest BCUT2D eigenvalue weighted by molar-refractivity contribution is 5.28. The second kappa shape index (κ2) is 4.91. The molecule has 0 saturated heterocycles. The first-order chi connectivity index (χ1) is 5.49. The van der Waals surface area contributed by atoms with E-state index in [1.165, 1.54) is 5.57 Å². The molecule has 0 rings (SSSR count). The second-order valence-corrected chi connectivity index (χ2v) is 4.10. The topological polar surface area (TPSA) is 12.4 Å². The van der Waals surface area contributed by atoms with E-state index in [4.69, 9.17) is 0 Å². The largest absolute Gasteiger partial charge is 0.273 e.